The predicted octanol–water partition coefficient (Wildman–Crippen LogP) is 2.45. The van der Waals surface area contributed by atoms with Crippen LogP contribution in [0.15, 0.2) is 24.3 Å². The Balaban J connectivity index is 2.69. The SMILES string of the molecule is C[C@@H](NC(=O)CS)c1cccc(Cl)c1. The molecule has 2 nitrogen and oxygen atoms in total. The lowest BCUT2D eigenvalue weighted by molar-refractivity contribution is -0.119. The van der Waals surface area contributed by atoms with Crippen LogP contribution in [0, 0.1) is 0 Å². The largest absolute Gasteiger partial charge is 0.349 e. The summed E-state index contributed by atoms with van der Waals surface area (Å²) in [6.45, 7) is 1.91. The van der Waals surface area contributed by atoms with E-state index in [9.17, 15) is 4.79 Å². The number of benzene rings is 1. The number of carbonyl (C=O) groups excluding carboxylic acids is 1. The van der Waals surface area contributed by atoms with Crippen LogP contribution in [-0.2, 0) is 4.79 Å². The third-order valence-electron chi connectivity index (χ3n) is 1.87. The molecule has 14 heavy (non-hydrogen) atoms. The molecule has 1 N–H and O–H groups in total. The maximum absolute atomic E-state index is 11.1. The van der Waals surface area contributed by atoms with Gasteiger partial charge in [0.15, 0.2) is 0 Å². The van der Waals surface area contributed by atoms with Crippen LogP contribution in [0.1, 0.15) is 18.5 Å². The van der Waals surface area contributed by atoms with Gasteiger partial charge in [-0.15, -0.1) is 0 Å². The average Bonchev–Trinajstić information content (AvgIpc) is 2.17. The Bertz CT molecular complexity index is 330. The highest BCUT2D eigenvalue weighted by molar-refractivity contribution is 7.81. The molecule has 1 atom stereocenters. The molecule has 0 radical (unpaired) electrons. The number of hydrogen-bond donors (Lipinski definition) is 2. The molecule has 1 rings (SSSR count). The van der Waals surface area contributed by atoms with Crippen molar-refractivity contribution in [3.8, 4) is 0 Å². The minimum absolute atomic E-state index is 0.0339. The van der Waals surface area contributed by atoms with Gasteiger partial charge < -0.3 is 5.32 Å². The van der Waals surface area contributed by atoms with Crippen LogP contribution in [0.5, 0.6) is 0 Å². The number of rotatable bonds is 3. The zero-order chi connectivity index (χ0) is 10.6. The maximum atomic E-state index is 11.1. The van der Waals surface area contributed by atoms with Gasteiger partial charge in [0.2, 0.25) is 5.91 Å². The highest BCUT2D eigenvalue weighted by atomic mass is 35.5. The van der Waals surface area contributed by atoms with Gasteiger partial charge in [0.25, 0.3) is 0 Å². The van der Waals surface area contributed by atoms with E-state index in [1.165, 1.54) is 0 Å². The van der Waals surface area contributed by atoms with Crippen molar-refractivity contribution < 1.29 is 4.79 Å². The molecule has 0 aromatic heterocycles. The van der Waals surface area contributed by atoms with Gasteiger partial charge >= 0.3 is 0 Å². The fourth-order valence-electron chi connectivity index (χ4n) is 1.15. The minimum Gasteiger partial charge on any atom is -0.349 e. The van der Waals surface area contributed by atoms with Gasteiger partial charge in [-0.25, -0.2) is 0 Å². The maximum Gasteiger partial charge on any atom is 0.230 e. The molecule has 0 bridgehead atoms. The summed E-state index contributed by atoms with van der Waals surface area (Å²) in [5.74, 6) is 0.117. The molecule has 0 aliphatic carbocycles. The lowest BCUT2D eigenvalue weighted by Gasteiger charge is -2.13. The minimum atomic E-state index is -0.0826. The zero-order valence-electron chi connectivity index (χ0n) is 7.83. The normalized spacial score (nSPS) is 12.2. The Kier molecular flexibility index (Phi) is 4.29. The third-order valence-corrected chi connectivity index (χ3v) is 2.39. The van der Waals surface area contributed by atoms with E-state index in [1.54, 1.807) is 6.07 Å². The number of halogens is 1. The van der Waals surface area contributed by atoms with E-state index in [2.05, 4.69) is 17.9 Å². The van der Waals surface area contributed by atoms with Crippen LogP contribution in [0.2, 0.25) is 5.02 Å². The second-order valence-corrected chi connectivity index (χ2v) is 3.75. The first-order chi connectivity index (χ1) is 6.63. The molecule has 4 heteroatoms. The Labute approximate surface area is 94.1 Å². The van der Waals surface area contributed by atoms with Crippen molar-refractivity contribution in [2.45, 2.75) is 13.0 Å². The first kappa shape index (κ1) is 11.4. The summed E-state index contributed by atoms with van der Waals surface area (Å²) in [4.78, 5) is 11.1. The first-order valence-electron chi connectivity index (χ1n) is 4.29. The van der Waals surface area contributed by atoms with E-state index in [4.69, 9.17) is 11.6 Å². The topological polar surface area (TPSA) is 29.1 Å². The predicted molar refractivity (Wildman–Crippen MR) is 61.9 cm³/mol. The number of carbonyl (C=O) groups is 1. The first-order valence-corrected chi connectivity index (χ1v) is 5.30. The highest BCUT2D eigenvalue weighted by Gasteiger charge is 2.07. The quantitative estimate of drug-likeness (QED) is 0.766. The molecule has 0 aliphatic heterocycles. The molecule has 0 saturated carbocycles. The van der Waals surface area contributed by atoms with E-state index in [-0.39, 0.29) is 17.7 Å². The van der Waals surface area contributed by atoms with E-state index >= 15 is 0 Å². The molecule has 1 aromatic rings. The van der Waals surface area contributed by atoms with Gasteiger partial charge in [-0.3, -0.25) is 4.79 Å². The Morgan fingerprint density at radius 3 is 2.93 bits per heavy atom. The number of amides is 1. The van der Waals surface area contributed by atoms with Crippen LogP contribution >= 0.6 is 24.2 Å². The lowest BCUT2D eigenvalue weighted by atomic mass is 10.1. The average molecular weight is 230 g/mol. The van der Waals surface area contributed by atoms with Gasteiger partial charge in [-0.2, -0.15) is 12.6 Å². The van der Waals surface area contributed by atoms with Gasteiger partial charge in [-0.05, 0) is 24.6 Å². The van der Waals surface area contributed by atoms with Crippen LogP contribution in [0.25, 0.3) is 0 Å². The number of nitrogens with one attached hydrogen (secondary N) is 1. The summed E-state index contributed by atoms with van der Waals surface area (Å²) >= 11 is 9.72. The van der Waals surface area contributed by atoms with Crippen molar-refractivity contribution in [3.63, 3.8) is 0 Å². The smallest absolute Gasteiger partial charge is 0.230 e. The molecule has 0 spiro atoms. The highest BCUT2D eigenvalue weighted by Crippen LogP contribution is 2.17. The molecule has 1 aromatic carbocycles. The molecule has 0 fully saturated rings. The van der Waals surface area contributed by atoms with Gasteiger partial charge in [0.1, 0.15) is 0 Å². The van der Waals surface area contributed by atoms with Crippen molar-refractivity contribution in [2.75, 3.05) is 5.75 Å². The number of hydrogen-bond acceptors (Lipinski definition) is 2. The summed E-state index contributed by atoms with van der Waals surface area (Å²) in [7, 11) is 0. The second kappa shape index (κ2) is 5.27. The van der Waals surface area contributed by atoms with Crippen molar-refractivity contribution in [1.82, 2.24) is 5.32 Å². The molecule has 76 valence electrons. The van der Waals surface area contributed by atoms with E-state index in [0.717, 1.165) is 5.56 Å². The van der Waals surface area contributed by atoms with Crippen LogP contribution in [0.3, 0.4) is 0 Å². The van der Waals surface area contributed by atoms with Crippen molar-refractivity contribution in [1.29, 1.82) is 0 Å². The summed E-state index contributed by atoms with van der Waals surface area (Å²) in [6, 6.07) is 7.40. The zero-order valence-corrected chi connectivity index (χ0v) is 9.48. The Hall–Kier alpha value is -0.670. The molecule has 1 amide bonds. The summed E-state index contributed by atoms with van der Waals surface area (Å²) in [5.41, 5.74) is 0.993. The Morgan fingerprint density at radius 2 is 2.36 bits per heavy atom. The van der Waals surface area contributed by atoms with E-state index in [1.807, 2.05) is 25.1 Å². The summed E-state index contributed by atoms with van der Waals surface area (Å²) in [5, 5.41) is 3.47. The van der Waals surface area contributed by atoms with E-state index in [0.29, 0.717) is 5.02 Å². The summed E-state index contributed by atoms with van der Waals surface area (Å²) < 4.78 is 0. The third kappa shape index (κ3) is 3.24. The molecule has 0 aliphatic rings. The van der Waals surface area contributed by atoms with Gasteiger partial charge in [0.05, 0.1) is 11.8 Å². The summed E-state index contributed by atoms with van der Waals surface area (Å²) in [6.07, 6.45) is 0. The standard InChI is InChI=1S/C10H12ClNOS/c1-7(12-10(13)6-14)8-3-2-4-9(11)5-8/h2-5,7,14H,6H2,1H3,(H,12,13)/t7-/m1/s1. The molecular weight excluding hydrogens is 218 g/mol. The van der Waals surface area contributed by atoms with Crippen molar-refractivity contribution in [3.05, 3.63) is 34.9 Å². The fourth-order valence-corrected chi connectivity index (χ4v) is 1.44. The van der Waals surface area contributed by atoms with Crippen LogP contribution in [-0.4, -0.2) is 11.7 Å². The lowest BCUT2D eigenvalue weighted by Crippen LogP contribution is -2.27. The van der Waals surface area contributed by atoms with Crippen molar-refractivity contribution in [2.24, 2.45) is 0 Å². The van der Waals surface area contributed by atoms with Gasteiger partial charge in [-0.1, -0.05) is 23.7 Å². The fraction of sp³-hybridized carbons (Fsp3) is 0.300. The van der Waals surface area contributed by atoms with Crippen molar-refractivity contribution >= 4 is 30.1 Å². The second-order valence-electron chi connectivity index (χ2n) is 3.00. The molecule has 0 unspecified atom stereocenters. The molecular formula is C10H12ClNOS. The van der Waals surface area contributed by atoms with E-state index < -0.39 is 0 Å². The monoisotopic (exact) mass is 229 g/mol. The Morgan fingerprint density at radius 1 is 1.64 bits per heavy atom. The molecule has 0 saturated heterocycles. The molecule has 0 heterocycles. The van der Waals surface area contributed by atoms with Crippen LogP contribution < -0.4 is 5.32 Å². The van der Waals surface area contributed by atoms with Crippen LogP contribution in [0.4, 0.5) is 0 Å². The van der Waals surface area contributed by atoms with Gasteiger partial charge in [0, 0.05) is 5.02 Å². The number of thiol groups is 1.